The number of imide groups is 1. The van der Waals surface area contributed by atoms with Crippen molar-refractivity contribution in [2.45, 2.75) is 37.1 Å². The number of carbonyl (C=O) groups excluding carboxylic acids is 3. The maximum atomic E-state index is 13.5. The molecule has 2 aliphatic rings. The van der Waals surface area contributed by atoms with Gasteiger partial charge in [-0.15, -0.1) is 0 Å². The van der Waals surface area contributed by atoms with E-state index in [0.717, 1.165) is 26.9 Å². The molecule has 1 aliphatic heterocycles. The number of alkyl halides is 2. The van der Waals surface area contributed by atoms with Crippen molar-refractivity contribution in [2.75, 3.05) is 6.54 Å². The maximum absolute atomic E-state index is 13.5. The molecular formula is C24H20F2N4O3. The summed E-state index contributed by atoms with van der Waals surface area (Å²) in [7, 11) is 0. The standard InChI is InChI=1S/C24H20F2N4O3/c25-24(26)10-8-23(9-11-24)21(32)30(22(33)29-23)13-20(31)16-6-4-15(5-7-16)17-2-1-3-19-18(17)12-27-14-28-19/h1-7,12,14H,8-11,13H2,(H,29,33). The van der Waals surface area contributed by atoms with Crippen LogP contribution in [0.4, 0.5) is 13.6 Å². The van der Waals surface area contributed by atoms with Crippen LogP contribution in [0.15, 0.2) is 55.0 Å². The molecule has 0 unspecified atom stereocenters. The minimum Gasteiger partial charge on any atom is -0.323 e. The van der Waals surface area contributed by atoms with Crippen molar-refractivity contribution in [1.82, 2.24) is 20.2 Å². The summed E-state index contributed by atoms with van der Waals surface area (Å²) in [6.45, 7) is -0.440. The maximum Gasteiger partial charge on any atom is 0.325 e. The number of urea groups is 1. The van der Waals surface area contributed by atoms with E-state index in [2.05, 4.69) is 15.3 Å². The van der Waals surface area contributed by atoms with Gasteiger partial charge in [-0.2, -0.15) is 0 Å². The molecule has 168 valence electrons. The van der Waals surface area contributed by atoms with Crippen molar-refractivity contribution in [1.29, 1.82) is 0 Å². The second-order valence-electron chi connectivity index (χ2n) is 8.52. The van der Waals surface area contributed by atoms with E-state index in [9.17, 15) is 23.2 Å². The second kappa shape index (κ2) is 7.68. The minimum absolute atomic E-state index is 0.140. The van der Waals surface area contributed by atoms with E-state index in [1.165, 1.54) is 6.33 Å². The molecule has 9 heteroatoms. The fourth-order valence-electron chi connectivity index (χ4n) is 4.53. The summed E-state index contributed by atoms with van der Waals surface area (Å²) < 4.78 is 27.1. The van der Waals surface area contributed by atoms with Gasteiger partial charge in [-0.3, -0.25) is 14.5 Å². The zero-order valence-electron chi connectivity index (χ0n) is 17.6. The Labute approximate surface area is 187 Å². The van der Waals surface area contributed by atoms with Crippen LogP contribution in [0, 0.1) is 0 Å². The molecule has 2 heterocycles. The molecular weight excluding hydrogens is 430 g/mol. The quantitative estimate of drug-likeness (QED) is 0.480. The van der Waals surface area contributed by atoms with Gasteiger partial charge in [0, 0.05) is 30.0 Å². The first-order chi connectivity index (χ1) is 15.8. The van der Waals surface area contributed by atoms with Crippen molar-refractivity contribution < 1.29 is 23.2 Å². The third kappa shape index (κ3) is 3.73. The number of amides is 3. The predicted octanol–water partition coefficient (Wildman–Crippen LogP) is 3.98. The average Bonchev–Trinajstić information content (AvgIpc) is 3.05. The Kier molecular flexibility index (Phi) is 4.92. The summed E-state index contributed by atoms with van der Waals surface area (Å²) in [5.74, 6) is -3.86. The third-order valence-corrected chi connectivity index (χ3v) is 6.45. The van der Waals surface area contributed by atoms with Gasteiger partial charge in [0.05, 0.1) is 12.1 Å². The molecule has 2 fully saturated rings. The van der Waals surface area contributed by atoms with Crippen molar-refractivity contribution in [3.8, 4) is 11.1 Å². The third-order valence-electron chi connectivity index (χ3n) is 6.45. The zero-order valence-corrected chi connectivity index (χ0v) is 17.6. The van der Waals surface area contributed by atoms with Gasteiger partial charge in [0.2, 0.25) is 5.92 Å². The first-order valence-electron chi connectivity index (χ1n) is 10.6. The number of benzene rings is 2. The zero-order chi connectivity index (χ0) is 23.2. The number of nitrogens with zero attached hydrogens (tertiary/aromatic N) is 3. The van der Waals surface area contributed by atoms with E-state index in [4.69, 9.17) is 0 Å². The largest absolute Gasteiger partial charge is 0.325 e. The van der Waals surface area contributed by atoms with E-state index in [1.54, 1.807) is 30.5 Å². The smallest absolute Gasteiger partial charge is 0.323 e. The van der Waals surface area contributed by atoms with E-state index >= 15 is 0 Å². The van der Waals surface area contributed by atoms with Gasteiger partial charge in [0.25, 0.3) is 5.91 Å². The first kappa shape index (κ1) is 21.1. The van der Waals surface area contributed by atoms with Crippen LogP contribution in [0.25, 0.3) is 22.0 Å². The molecule has 1 saturated carbocycles. The van der Waals surface area contributed by atoms with Gasteiger partial charge in [-0.1, -0.05) is 36.4 Å². The molecule has 3 aromatic rings. The number of hydrogen-bond acceptors (Lipinski definition) is 5. The van der Waals surface area contributed by atoms with Crippen LogP contribution >= 0.6 is 0 Å². The SMILES string of the molecule is O=C(CN1C(=O)NC2(CCC(F)(F)CC2)C1=O)c1ccc(-c2cccc3ncncc23)cc1. The normalized spacial score (nSPS) is 19.2. The fraction of sp³-hybridized carbons (Fsp3) is 0.292. The van der Waals surface area contributed by atoms with Crippen LogP contribution in [-0.2, 0) is 4.79 Å². The summed E-state index contributed by atoms with van der Waals surface area (Å²) in [6.07, 6.45) is 1.98. The molecule has 0 atom stereocenters. The van der Waals surface area contributed by atoms with E-state index in [-0.39, 0.29) is 12.8 Å². The first-order valence-corrected chi connectivity index (χ1v) is 10.6. The number of nitrogens with one attached hydrogen (secondary N) is 1. The highest BCUT2D eigenvalue weighted by Gasteiger charge is 2.55. The van der Waals surface area contributed by atoms with Crippen LogP contribution in [0.1, 0.15) is 36.0 Å². The highest BCUT2D eigenvalue weighted by molar-refractivity contribution is 6.11. The monoisotopic (exact) mass is 450 g/mol. The van der Waals surface area contributed by atoms with Crippen LogP contribution < -0.4 is 5.32 Å². The van der Waals surface area contributed by atoms with Crippen LogP contribution in [0.3, 0.4) is 0 Å². The van der Waals surface area contributed by atoms with Gasteiger partial charge >= 0.3 is 6.03 Å². The number of aromatic nitrogens is 2. The van der Waals surface area contributed by atoms with E-state index in [1.807, 2.05) is 18.2 Å². The highest BCUT2D eigenvalue weighted by Crippen LogP contribution is 2.41. The fourth-order valence-corrected chi connectivity index (χ4v) is 4.53. The Morgan fingerprint density at radius 3 is 2.48 bits per heavy atom. The minimum atomic E-state index is -2.84. The highest BCUT2D eigenvalue weighted by atomic mass is 19.3. The number of hydrogen-bond donors (Lipinski definition) is 1. The molecule has 7 nitrogen and oxygen atoms in total. The molecule has 0 bridgehead atoms. The summed E-state index contributed by atoms with van der Waals surface area (Å²) in [6, 6.07) is 11.8. The number of fused-ring (bicyclic) bond motifs is 1. The van der Waals surface area contributed by atoms with Gasteiger partial charge in [0.1, 0.15) is 11.9 Å². The molecule has 1 spiro atoms. The predicted molar refractivity (Wildman–Crippen MR) is 116 cm³/mol. The van der Waals surface area contributed by atoms with Gasteiger partial charge < -0.3 is 5.32 Å². The van der Waals surface area contributed by atoms with E-state index in [0.29, 0.717) is 5.56 Å². The molecule has 2 aromatic carbocycles. The molecule has 5 rings (SSSR count). The lowest BCUT2D eigenvalue weighted by atomic mass is 9.80. The number of ketones is 1. The van der Waals surface area contributed by atoms with Crippen molar-refractivity contribution in [3.63, 3.8) is 0 Å². The Bertz CT molecular complexity index is 1260. The van der Waals surface area contributed by atoms with Crippen molar-refractivity contribution in [2.24, 2.45) is 0 Å². The van der Waals surface area contributed by atoms with Gasteiger partial charge in [-0.25, -0.2) is 23.5 Å². The van der Waals surface area contributed by atoms with Crippen LogP contribution in [-0.4, -0.2) is 50.6 Å². The summed E-state index contributed by atoms with van der Waals surface area (Å²) >= 11 is 0. The lowest BCUT2D eigenvalue weighted by Gasteiger charge is -2.34. The molecule has 1 N–H and O–H groups in total. The Hall–Kier alpha value is -3.75. The number of Topliss-reactive ketones (excluding diaryl/α,β-unsaturated/α-hetero) is 1. The van der Waals surface area contributed by atoms with Crippen LogP contribution in [0.5, 0.6) is 0 Å². The Morgan fingerprint density at radius 2 is 1.76 bits per heavy atom. The lowest BCUT2D eigenvalue weighted by molar-refractivity contribution is -0.135. The molecule has 1 aliphatic carbocycles. The molecule has 33 heavy (non-hydrogen) atoms. The number of halogens is 2. The molecule has 3 amide bonds. The van der Waals surface area contributed by atoms with E-state index < -0.39 is 48.6 Å². The summed E-state index contributed by atoms with van der Waals surface area (Å²) in [4.78, 5) is 47.2. The topological polar surface area (TPSA) is 92.3 Å². The van der Waals surface area contributed by atoms with Crippen molar-refractivity contribution in [3.05, 3.63) is 60.6 Å². The molecule has 1 saturated heterocycles. The molecule has 0 radical (unpaired) electrons. The number of carbonyl (C=O) groups is 3. The average molecular weight is 450 g/mol. The second-order valence-corrected chi connectivity index (χ2v) is 8.52. The van der Waals surface area contributed by atoms with Crippen molar-refractivity contribution >= 4 is 28.6 Å². The molecule has 1 aromatic heterocycles. The number of rotatable bonds is 4. The summed E-state index contributed by atoms with van der Waals surface area (Å²) in [5, 5.41) is 3.43. The van der Waals surface area contributed by atoms with Gasteiger partial charge in [0.15, 0.2) is 5.78 Å². The lowest BCUT2D eigenvalue weighted by Crippen LogP contribution is -2.51. The van der Waals surface area contributed by atoms with Crippen LogP contribution in [0.2, 0.25) is 0 Å². The summed E-state index contributed by atoms with van der Waals surface area (Å²) in [5.41, 5.74) is 1.59. The Balaban J connectivity index is 1.32. The Morgan fingerprint density at radius 1 is 1.03 bits per heavy atom. The van der Waals surface area contributed by atoms with Gasteiger partial charge in [-0.05, 0) is 30.0 Å².